The van der Waals surface area contributed by atoms with Gasteiger partial charge in [-0.3, -0.25) is 10.3 Å². The fourth-order valence-corrected chi connectivity index (χ4v) is 5.49. The fraction of sp³-hybridized carbons (Fsp3) is 0.111. The van der Waals surface area contributed by atoms with Crippen molar-refractivity contribution in [3.8, 4) is 6.07 Å². The molecule has 0 amide bonds. The summed E-state index contributed by atoms with van der Waals surface area (Å²) in [6.45, 7) is 0. The van der Waals surface area contributed by atoms with Gasteiger partial charge in [0.05, 0.1) is 23.2 Å². The van der Waals surface area contributed by atoms with E-state index in [0.29, 0.717) is 16.7 Å². The van der Waals surface area contributed by atoms with E-state index in [1.54, 1.807) is 4.90 Å². The van der Waals surface area contributed by atoms with Gasteiger partial charge < -0.3 is 10.0 Å². The van der Waals surface area contributed by atoms with E-state index in [1.165, 1.54) is 11.8 Å². The molecule has 5 nitrogen and oxygen atoms in total. The number of aliphatic hydroxyl groups excluding tert-OH is 1. The van der Waals surface area contributed by atoms with E-state index in [1.807, 2.05) is 97.9 Å². The fourth-order valence-electron chi connectivity index (χ4n) is 4.32. The Balaban J connectivity index is 1.78. The summed E-state index contributed by atoms with van der Waals surface area (Å²) in [5.74, 6) is -0.347. The number of para-hydroxylation sites is 1. The summed E-state index contributed by atoms with van der Waals surface area (Å²) < 4.78 is 0. The molecule has 1 unspecified atom stereocenters. The highest BCUT2D eigenvalue weighted by Gasteiger charge is 2.43. The Hall–Kier alpha value is -3.95. The predicted molar refractivity (Wildman–Crippen MR) is 135 cm³/mol. The number of hydrogen-bond donors (Lipinski definition) is 2. The van der Waals surface area contributed by atoms with E-state index in [2.05, 4.69) is 6.07 Å². The van der Waals surface area contributed by atoms with Gasteiger partial charge in [0, 0.05) is 35.8 Å². The first-order valence-corrected chi connectivity index (χ1v) is 11.4. The van der Waals surface area contributed by atoms with Crippen LogP contribution in [0.15, 0.2) is 99.9 Å². The van der Waals surface area contributed by atoms with E-state index in [4.69, 9.17) is 0 Å². The Bertz CT molecular complexity index is 1350. The molecule has 2 N–H and O–H groups in total. The van der Waals surface area contributed by atoms with E-state index in [-0.39, 0.29) is 11.6 Å². The first kappa shape index (κ1) is 20.9. The lowest BCUT2D eigenvalue weighted by Crippen LogP contribution is -2.36. The molecule has 2 aliphatic rings. The van der Waals surface area contributed by atoms with Crippen molar-refractivity contribution in [2.24, 2.45) is 0 Å². The van der Waals surface area contributed by atoms with Crippen LogP contribution in [-0.2, 0) is 0 Å². The molecule has 0 radical (unpaired) electrons. The number of nitrogens with zero attached hydrogens (tertiary/aromatic N) is 3. The Kier molecular flexibility index (Phi) is 5.20. The molecule has 0 aliphatic carbocycles. The summed E-state index contributed by atoms with van der Waals surface area (Å²) in [5, 5.41) is 31.7. The molecule has 0 bridgehead atoms. The summed E-state index contributed by atoms with van der Waals surface area (Å²) in [7, 11) is 3.95. The van der Waals surface area contributed by atoms with Gasteiger partial charge in [-0.2, -0.15) is 5.26 Å². The number of nitrogens with one attached hydrogen (secondary N) is 1. The standard InChI is InChI=1S/C27H22N4OS/c1-30(2)19-14-12-17(13-15-19)23-20(16-28)27-31(21-10-6-7-11-22(21)33-27)26(29)24(23)25(32)18-8-4-3-5-9-18/h3-15,23,29,32H,1-2H3/b25-24+,29-26?. The minimum Gasteiger partial charge on any atom is -0.507 e. The van der Waals surface area contributed by atoms with Crippen LogP contribution in [0.4, 0.5) is 11.4 Å². The lowest BCUT2D eigenvalue weighted by atomic mass is 9.80. The number of nitriles is 1. The van der Waals surface area contributed by atoms with E-state index < -0.39 is 5.92 Å². The van der Waals surface area contributed by atoms with Gasteiger partial charge in [0.15, 0.2) is 0 Å². The topological polar surface area (TPSA) is 74.4 Å². The minimum atomic E-state index is -0.549. The molecule has 2 aliphatic heterocycles. The monoisotopic (exact) mass is 450 g/mol. The zero-order valence-electron chi connectivity index (χ0n) is 18.3. The van der Waals surface area contributed by atoms with Gasteiger partial charge in [0.1, 0.15) is 16.6 Å². The number of amidine groups is 1. The Labute approximate surface area is 197 Å². The highest BCUT2D eigenvalue weighted by molar-refractivity contribution is 8.03. The van der Waals surface area contributed by atoms with Gasteiger partial charge in [-0.05, 0) is 29.8 Å². The largest absolute Gasteiger partial charge is 0.507 e. The summed E-state index contributed by atoms with van der Waals surface area (Å²) >= 11 is 1.50. The van der Waals surface area contributed by atoms with Gasteiger partial charge in [-0.25, -0.2) is 0 Å². The zero-order valence-corrected chi connectivity index (χ0v) is 19.1. The Morgan fingerprint density at radius 2 is 1.67 bits per heavy atom. The molecular weight excluding hydrogens is 428 g/mol. The van der Waals surface area contributed by atoms with Crippen molar-refractivity contribution in [2.45, 2.75) is 10.8 Å². The lowest BCUT2D eigenvalue weighted by molar-refractivity contribution is 0.505. The van der Waals surface area contributed by atoms with E-state index in [9.17, 15) is 15.8 Å². The molecule has 33 heavy (non-hydrogen) atoms. The van der Waals surface area contributed by atoms with Crippen LogP contribution in [0.25, 0.3) is 5.76 Å². The lowest BCUT2D eigenvalue weighted by Gasteiger charge is -2.34. The Morgan fingerprint density at radius 3 is 2.33 bits per heavy atom. The highest BCUT2D eigenvalue weighted by Crippen LogP contribution is 2.54. The molecule has 0 aromatic heterocycles. The molecule has 6 heteroatoms. The van der Waals surface area contributed by atoms with Crippen LogP contribution in [0.5, 0.6) is 0 Å². The van der Waals surface area contributed by atoms with E-state index in [0.717, 1.165) is 26.9 Å². The van der Waals surface area contributed by atoms with Gasteiger partial charge in [0.25, 0.3) is 0 Å². The number of aliphatic hydroxyl groups is 1. The molecule has 0 saturated heterocycles. The van der Waals surface area contributed by atoms with Crippen LogP contribution >= 0.6 is 11.8 Å². The van der Waals surface area contributed by atoms with Gasteiger partial charge in [0.2, 0.25) is 0 Å². The molecular formula is C27H22N4OS. The average molecular weight is 451 g/mol. The SMILES string of the molecule is CN(C)c1ccc(C2C(C#N)=C3Sc4ccccc4N3C(=N)/C2=C(/O)c2ccccc2)cc1. The van der Waals surface area contributed by atoms with Gasteiger partial charge in [-0.15, -0.1) is 0 Å². The van der Waals surface area contributed by atoms with Crippen molar-refractivity contribution in [3.05, 3.63) is 106 Å². The molecule has 2 heterocycles. The third-order valence-electron chi connectivity index (χ3n) is 5.97. The maximum Gasteiger partial charge on any atom is 0.138 e. The van der Waals surface area contributed by atoms with Crippen molar-refractivity contribution in [3.63, 3.8) is 0 Å². The van der Waals surface area contributed by atoms with Crippen LogP contribution in [0, 0.1) is 16.7 Å². The second-order valence-corrected chi connectivity index (χ2v) is 9.16. The Morgan fingerprint density at radius 1 is 1.00 bits per heavy atom. The third-order valence-corrected chi connectivity index (χ3v) is 7.13. The molecule has 162 valence electrons. The summed E-state index contributed by atoms with van der Waals surface area (Å²) in [6, 6.07) is 27.4. The number of benzene rings is 3. The number of hydrogen-bond acceptors (Lipinski definition) is 5. The summed E-state index contributed by atoms with van der Waals surface area (Å²) in [4.78, 5) is 4.80. The molecule has 0 spiro atoms. The first-order valence-electron chi connectivity index (χ1n) is 10.6. The third kappa shape index (κ3) is 3.38. The van der Waals surface area contributed by atoms with E-state index >= 15 is 0 Å². The van der Waals surface area contributed by atoms with Crippen molar-refractivity contribution in [2.75, 3.05) is 23.9 Å². The maximum absolute atomic E-state index is 11.4. The normalized spacial score (nSPS) is 18.5. The minimum absolute atomic E-state index is 0.0171. The second-order valence-electron chi connectivity index (χ2n) is 8.13. The maximum atomic E-state index is 11.4. The molecule has 0 saturated carbocycles. The van der Waals surface area contributed by atoms with Crippen molar-refractivity contribution in [1.29, 1.82) is 10.7 Å². The zero-order chi connectivity index (χ0) is 23.1. The van der Waals surface area contributed by atoms with Crippen molar-refractivity contribution >= 4 is 34.7 Å². The predicted octanol–water partition coefficient (Wildman–Crippen LogP) is 6.14. The van der Waals surface area contributed by atoms with Crippen LogP contribution < -0.4 is 9.80 Å². The number of allylic oxidation sites excluding steroid dienone is 1. The first-order chi connectivity index (χ1) is 16.0. The van der Waals surface area contributed by atoms with Crippen LogP contribution in [-0.4, -0.2) is 25.0 Å². The molecule has 5 rings (SSSR count). The smallest absolute Gasteiger partial charge is 0.138 e. The average Bonchev–Trinajstić information content (AvgIpc) is 3.24. The molecule has 0 fully saturated rings. The summed E-state index contributed by atoms with van der Waals surface area (Å²) in [6.07, 6.45) is 0. The molecule has 3 aromatic carbocycles. The number of thioether (sulfide) groups is 1. The van der Waals surface area contributed by atoms with Crippen molar-refractivity contribution in [1.82, 2.24) is 0 Å². The van der Waals surface area contributed by atoms with Crippen molar-refractivity contribution < 1.29 is 5.11 Å². The highest BCUT2D eigenvalue weighted by atomic mass is 32.2. The second kappa shape index (κ2) is 8.19. The number of fused-ring (bicyclic) bond motifs is 3. The molecule has 3 aromatic rings. The molecule has 1 atom stereocenters. The van der Waals surface area contributed by atoms with Crippen LogP contribution in [0.1, 0.15) is 17.0 Å². The quantitative estimate of drug-likeness (QED) is 0.469. The van der Waals surface area contributed by atoms with Crippen LogP contribution in [0.3, 0.4) is 0 Å². The summed E-state index contributed by atoms with van der Waals surface area (Å²) in [5.41, 5.74) is 4.34. The van der Waals surface area contributed by atoms with Crippen LogP contribution in [0.2, 0.25) is 0 Å². The number of anilines is 2. The van der Waals surface area contributed by atoms with Gasteiger partial charge in [-0.1, -0.05) is 66.4 Å². The number of rotatable bonds is 3. The van der Waals surface area contributed by atoms with Gasteiger partial charge >= 0.3 is 0 Å².